The Kier molecular flexibility index (Phi) is 4.93. The van der Waals surface area contributed by atoms with Crippen LogP contribution in [0.4, 0.5) is 45.2 Å². The van der Waals surface area contributed by atoms with Crippen LogP contribution in [0.1, 0.15) is 32.6 Å². The second-order valence-electron chi connectivity index (χ2n) is 5.42. The van der Waals surface area contributed by atoms with E-state index in [1.54, 1.807) is 0 Å². The van der Waals surface area contributed by atoms with Gasteiger partial charge in [-0.3, -0.25) is 4.79 Å². The van der Waals surface area contributed by atoms with Gasteiger partial charge in [0.25, 0.3) is 0 Å². The first-order chi connectivity index (χ1) is 12.1. The maximum absolute atomic E-state index is 12.8. The maximum Gasteiger partial charge on any atom is 0.418 e. The lowest BCUT2D eigenvalue weighted by Crippen LogP contribution is -2.15. The molecule has 0 aliphatic rings. The highest BCUT2D eigenvalue weighted by atomic mass is 19.4. The van der Waals surface area contributed by atoms with Gasteiger partial charge >= 0.3 is 18.5 Å². The van der Waals surface area contributed by atoms with E-state index in [4.69, 9.17) is 5.73 Å². The summed E-state index contributed by atoms with van der Waals surface area (Å²) in [5.74, 6) is -1.45. The van der Waals surface area contributed by atoms with Crippen molar-refractivity contribution >= 4 is 11.5 Å². The number of benzene rings is 2. The molecule has 2 aromatic rings. The fourth-order valence-corrected chi connectivity index (χ4v) is 2.20. The number of carbonyl (C=O) groups is 1. The summed E-state index contributed by atoms with van der Waals surface area (Å²) in [4.78, 5) is 12.3. The highest BCUT2D eigenvalue weighted by Gasteiger charge is 2.38. The van der Waals surface area contributed by atoms with Gasteiger partial charge in [-0.25, -0.2) is 0 Å². The minimum Gasteiger partial charge on any atom is -0.398 e. The Hall–Kier alpha value is -2.72. The Bertz CT molecular complexity index is 847. The fourth-order valence-electron chi connectivity index (χ4n) is 2.20. The zero-order chi connectivity index (χ0) is 20.8. The molecule has 146 valence electrons. The van der Waals surface area contributed by atoms with Crippen molar-refractivity contribution in [3.05, 3.63) is 64.2 Å². The molecular formula is C16H8F9NO. The lowest BCUT2D eigenvalue weighted by molar-refractivity contribution is -0.143. The first-order valence-corrected chi connectivity index (χ1v) is 6.91. The Labute approximate surface area is 145 Å². The standard InChI is InChI=1S/C16H8F9NO/c17-14(18,19)9-3-8(4-10(6-9)15(20,21)22)13(27)7-1-2-12(26)11(5-7)16(23,24)25/h1-6H,26H2. The minimum atomic E-state index is -5.20. The van der Waals surface area contributed by atoms with E-state index in [2.05, 4.69) is 0 Å². The van der Waals surface area contributed by atoms with Crippen LogP contribution in [0.15, 0.2) is 36.4 Å². The van der Waals surface area contributed by atoms with Gasteiger partial charge in [0, 0.05) is 16.8 Å². The van der Waals surface area contributed by atoms with E-state index in [0.717, 1.165) is 6.07 Å². The first-order valence-electron chi connectivity index (χ1n) is 6.91. The number of nitrogens with two attached hydrogens (primary N) is 1. The largest absolute Gasteiger partial charge is 0.418 e. The van der Waals surface area contributed by atoms with Crippen LogP contribution in [0.25, 0.3) is 0 Å². The van der Waals surface area contributed by atoms with E-state index in [1.807, 2.05) is 0 Å². The summed E-state index contributed by atoms with van der Waals surface area (Å²) in [5, 5.41) is 0. The third kappa shape index (κ3) is 4.52. The van der Waals surface area contributed by atoms with Crippen LogP contribution in [0, 0.1) is 0 Å². The summed E-state index contributed by atoms with van der Waals surface area (Å²) >= 11 is 0. The molecule has 0 unspecified atom stereocenters. The van der Waals surface area contributed by atoms with Gasteiger partial charge in [0.2, 0.25) is 0 Å². The molecule has 0 radical (unpaired) electrons. The number of halogens is 9. The molecule has 0 amide bonds. The zero-order valence-corrected chi connectivity index (χ0v) is 12.9. The van der Waals surface area contributed by atoms with Crippen molar-refractivity contribution < 1.29 is 44.3 Å². The Morgan fingerprint density at radius 3 is 1.56 bits per heavy atom. The molecule has 0 bridgehead atoms. The summed E-state index contributed by atoms with van der Waals surface area (Å²) in [7, 11) is 0. The Balaban J connectivity index is 2.63. The average molecular weight is 401 g/mol. The van der Waals surface area contributed by atoms with E-state index in [9.17, 15) is 44.3 Å². The molecule has 0 aliphatic carbocycles. The summed E-state index contributed by atoms with van der Waals surface area (Å²) in [6.07, 6.45) is -15.4. The summed E-state index contributed by atoms with van der Waals surface area (Å²) in [6, 6.07) is 1.82. The lowest BCUT2D eigenvalue weighted by Gasteiger charge is -2.15. The molecule has 0 saturated heterocycles. The van der Waals surface area contributed by atoms with Crippen molar-refractivity contribution in [2.24, 2.45) is 0 Å². The van der Waals surface area contributed by atoms with Crippen LogP contribution in [0.5, 0.6) is 0 Å². The predicted octanol–water partition coefficient (Wildman–Crippen LogP) is 5.56. The molecule has 27 heavy (non-hydrogen) atoms. The van der Waals surface area contributed by atoms with Gasteiger partial charge in [0.1, 0.15) is 0 Å². The van der Waals surface area contributed by atoms with Crippen LogP contribution in [0.3, 0.4) is 0 Å². The molecule has 0 fully saturated rings. The number of nitrogen functional groups attached to an aromatic ring is 1. The number of ketones is 1. The minimum absolute atomic E-state index is 0.140. The molecule has 2 aromatic carbocycles. The molecule has 0 atom stereocenters. The zero-order valence-electron chi connectivity index (χ0n) is 12.9. The number of rotatable bonds is 2. The summed E-state index contributed by atoms with van der Waals surface area (Å²) in [5.41, 5.74) is -2.37. The second-order valence-corrected chi connectivity index (χ2v) is 5.42. The van der Waals surface area contributed by atoms with Gasteiger partial charge < -0.3 is 5.73 Å². The quantitative estimate of drug-likeness (QED) is 0.407. The van der Waals surface area contributed by atoms with Crippen molar-refractivity contribution in [2.45, 2.75) is 18.5 Å². The summed E-state index contributed by atoms with van der Waals surface area (Å²) in [6.45, 7) is 0. The van der Waals surface area contributed by atoms with Crippen molar-refractivity contribution in [1.82, 2.24) is 0 Å². The molecular weight excluding hydrogens is 393 g/mol. The number of alkyl halides is 9. The average Bonchev–Trinajstić information content (AvgIpc) is 2.51. The van der Waals surface area contributed by atoms with Crippen molar-refractivity contribution in [2.75, 3.05) is 5.73 Å². The second kappa shape index (κ2) is 6.46. The van der Waals surface area contributed by atoms with Crippen molar-refractivity contribution in [1.29, 1.82) is 0 Å². The lowest BCUT2D eigenvalue weighted by atomic mass is 9.96. The van der Waals surface area contributed by atoms with Gasteiger partial charge in [-0.1, -0.05) is 0 Å². The molecule has 2 N–H and O–H groups in total. The van der Waals surface area contributed by atoms with E-state index < -0.39 is 57.8 Å². The van der Waals surface area contributed by atoms with E-state index >= 15 is 0 Å². The van der Waals surface area contributed by atoms with Crippen molar-refractivity contribution in [3.8, 4) is 0 Å². The van der Waals surface area contributed by atoms with Crippen molar-refractivity contribution in [3.63, 3.8) is 0 Å². The fraction of sp³-hybridized carbons (Fsp3) is 0.188. The normalized spacial score (nSPS) is 12.9. The van der Waals surface area contributed by atoms with Gasteiger partial charge in [0.15, 0.2) is 5.78 Å². The highest BCUT2D eigenvalue weighted by molar-refractivity contribution is 6.09. The number of hydrogen-bond acceptors (Lipinski definition) is 2. The molecule has 2 rings (SSSR count). The monoisotopic (exact) mass is 401 g/mol. The Morgan fingerprint density at radius 1 is 0.667 bits per heavy atom. The van der Waals surface area contributed by atoms with E-state index in [0.29, 0.717) is 6.07 Å². The van der Waals surface area contributed by atoms with Gasteiger partial charge in [0.05, 0.1) is 16.7 Å². The third-order valence-corrected chi connectivity index (χ3v) is 3.47. The molecule has 0 aromatic heterocycles. The van der Waals surface area contributed by atoms with Crippen LogP contribution >= 0.6 is 0 Å². The van der Waals surface area contributed by atoms with Crippen LogP contribution in [0.2, 0.25) is 0 Å². The number of anilines is 1. The molecule has 0 saturated carbocycles. The van der Waals surface area contributed by atoms with E-state index in [-0.39, 0.29) is 24.3 Å². The first kappa shape index (κ1) is 20.6. The number of carbonyl (C=O) groups excluding carboxylic acids is 1. The maximum atomic E-state index is 12.8. The van der Waals surface area contributed by atoms with Crippen LogP contribution in [-0.4, -0.2) is 5.78 Å². The predicted molar refractivity (Wildman–Crippen MR) is 75.7 cm³/mol. The summed E-state index contributed by atoms with van der Waals surface area (Å²) < 4.78 is 116. The smallest absolute Gasteiger partial charge is 0.398 e. The molecule has 11 heteroatoms. The Morgan fingerprint density at radius 2 is 1.15 bits per heavy atom. The molecule has 2 nitrogen and oxygen atoms in total. The van der Waals surface area contributed by atoms with Gasteiger partial charge in [-0.05, 0) is 36.4 Å². The third-order valence-electron chi connectivity index (χ3n) is 3.47. The molecule has 0 aliphatic heterocycles. The SMILES string of the molecule is Nc1ccc(C(=O)c2cc(C(F)(F)F)cc(C(F)(F)F)c2)cc1C(F)(F)F. The molecule has 0 heterocycles. The number of hydrogen-bond donors (Lipinski definition) is 1. The van der Waals surface area contributed by atoms with E-state index in [1.165, 1.54) is 0 Å². The topological polar surface area (TPSA) is 43.1 Å². The highest BCUT2D eigenvalue weighted by Crippen LogP contribution is 2.38. The molecule has 0 spiro atoms. The van der Waals surface area contributed by atoms with Gasteiger partial charge in [-0.15, -0.1) is 0 Å². The van der Waals surface area contributed by atoms with Gasteiger partial charge in [-0.2, -0.15) is 39.5 Å². The van der Waals surface area contributed by atoms with Crippen LogP contribution in [-0.2, 0) is 18.5 Å². The van der Waals surface area contributed by atoms with Crippen LogP contribution < -0.4 is 5.73 Å².